The van der Waals surface area contributed by atoms with Gasteiger partial charge >= 0.3 is 0 Å². The van der Waals surface area contributed by atoms with E-state index in [1.165, 1.54) is 0 Å². The van der Waals surface area contributed by atoms with Gasteiger partial charge in [-0.05, 0) is 19.5 Å². The first-order chi connectivity index (χ1) is 5.36. The minimum Gasteiger partial charge on any atom is -0.309 e. The molecule has 62 valence electrons. The van der Waals surface area contributed by atoms with Crippen LogP contribution in [0.2, 0.25) is 0 Å². The van der Waals surface area contributed by atoms with Gasteiger partial charge in [-0.15, -0.1) is 0 Å². The van der Waals surface area contributed by atoms with Crippen LogP contribution in [-0.4, -0.2) is 42.5 Å². The van der Waals surface area contributed by atoms with E-state index in [1.54, 1.807) is 0 Å². The van der Waals surface area contributed by atoms with Crippen molar-refractivity contribution in [2.45, 2.75) is 13.3 Å². The van der Waals surface area contributed by atoms with E-state index in [0.717, 1.165) is 39.1 Å². The molecule has 0 radical (unpaired) electrons. The van der Waals surface area contributed by atoms with Crippen LogP contribution in [0.5, 0.6) is 0 Å². The standard InChI is InChI=1S/C8H15N3/c1-2-10-4-3-5-11(8-9)7-6-10/h2-7H2,1H3. The first kappa shape index (κ1) is 8.35. The molecule has 0 aromatic carbocycles. The zero-order chi connectivity index (χ0) is 8.10. The molecular weight excluding hydrogens is 138 g/mol. The molecule has 3 nitrogen and oxygen atoms in total. The van der Waals surface area contributed by atoms with Crippen molar-refractivity contribution in [3.8, 4) is 6.19 Å². The molecule has 0 aromatic heterocycles. The van der Waals surface area contributed by atoms with Crippen LogP contribution in [0.3, 0.4) is 0 Å². The van der Waals surface area contributed by atoms with Gasteiger partial charge in [-0.2, -0.15) is 5.26 Å². The Labute approximate surface area is 68.2 Å². The molecule has 1 heterocycles. The van der Waals surface area contributed by atoms with E-state index in [1.807, 2.05) is 4.90 Å². The van der Waals surface area contributed by atoms with Crippen LogP contribution in [0.25, 0.3) is 0 Å². The highest BCUT2D eigenvalue weighted by Crippen LogP contribution is 2.00. The summed E-state index contributed by atoms with van der Waals surface area (Å²) < 4.78 is 0. The molecule has 0 aliphatic carbocycles. The summed E-state index contributed by atoms with van der Waals surface area (Å²) >= 11 is 0. The zero-order valence-corrected chi connectivity index (χ0v) is 7.08. The van der Waals surface area contributed by atoms with Crippen LogP contribution in [-0.2, 0) is 0 Å². The van der Waals surface area contributed by atoms with Crippen LogP contribution in [0.4, 0.5) is 0 Å². The Bertz CT molecular complexity index is 150. The summed E-state index contributed by atoms with van der Waals surface area (Å²) in [7, 11) is 0. The van der Waals surface area contributed by atoms with Gasteiger partial charge in [0, 0.05) is 19.6 Å². The number of hydrogen-bond acceptors (Lipinski definition) is 3. The number of likely N-dealkylation sites (N-methyl/N-ethyl adjacent to an activating group) is 1. The molecule has 0 atom stereocenters. The predicted octanol–water partition coefficient (Wildman–Crippen LogP) is 0.495. The fourth-order valence-corrected chi connectivity index (χ4v) is 1.39. The van der Waals surface area contributed by atoms with Crippen molar-refractivity contribution in [1.29, 1.82) is 5.26 Å². The van der Waals surface area contributed by atoms with Gasteiger partial charge in [0.1, 0.15) is 0 Å². The molecule has 0 N–H and O–H groups in total. The van der Waals surface area contributed by atoms with E-state index in [4.69, 9.17) is 5.26 Å². The van der Waals surface area contributed by atoms with Gasteiger partial charge in [0.05, 0.1) is 0 Å². The molecule has 1 aliphatic rings. The fourth-order valence-electron chi connectivity index (χ4n) is 1.39. The van der Waals surface area contributed by atoms with Gasteiger partial charge in [-0.25, -0.2) is 0 Å². The molecule has 1 saturated heterocycles. The van der Waals surface area contributed by atoms with Gasteiger partial charge in [-0.1, -0.05) is 6.92 Å². The minimum atomic E-state index is 0.907. The van der Waals surface area contributed by atoms with Crippen molar-refractivity contribution in [1.82, 2.24) is 9.80 Å². The molecule has 11 heavy (non-hydrogen) atoms. The van der Waals surface area contributed by atoms with Gasteiger partial charge in [0.15, 0.2) is 6.19 Å². The van der Waals surface area contributed by atoms with Crippen LogP contribution in [0.15, 0.2) is 0 Å². The van der Waals surface area contributed by atoms with Crippen molar-refractivity contribution in [2.75, 3.05) is 32.7 Å². The van der Waals surface area contributed by atoms with Crippen molar-refractivity contribution in [3.05, 3.63) is 0 Å². The maximum absolute atomic E-state index is 8.63. The Hall–Kier alpha value is -0.750. The Morgan fingerprint density at radius 1 is 1.27 bits per heavy atom. The van der Waals surface area contributed by atoms with Crippen molar-refractivity contribution >= 4 is 0 Å². The Morgan fingerprint density at radius 3 is 2.73 bits per heavy atom. The highest BCUT2D eigenvalue weighted by Gasteiger charge is 2.10. The second kappa shape index (κ2) is 4.20. The van der Waals surface area contributed by atoms with E-state index in [9.17, 15) is 0 Å². The molecule has 0 amide bonds. The molecule has 3 heteroatoms. The lowest BCUT2D eigenvalue weighted by Crippen LogP contribution is -2.28. The Kier molecular flexibility index (Phi) is 3.18. The monoisotopic (exact) mass is 153 g/mol. The SMILES string of the molecule is CCN1CCCN(C#N)CC1. The van der Waals surface area contributed by atoms with Crippen molar-refractivity contribution in [2.24, 2.45) is 0 Å². The predicted molar refractivity (Wildman–Crippen MR) is 43.9 cm³/mol. The number of nitrogens with zero attached hydrogens (tertiary/aromatic N) is 3. The smallest absolute Gasteiger partial charge is 0.179 e. The first-order valence-electron chi connectivity index (χ1n) is 4.24. The average Bonchev–Trinajstić information content (AvgIpc) is 2.28. The van der Waals surface area contributed by atoms with Crippen LogP contribution < -0.4 is 0 Å². The van der Waals surface area contributed by atoms with E-state index in [-0.39, 0.29) is 0 Å². The quantitative estimate of drug-likeness (QED) is 0.514. The lowest BCUT2D eigenvalue weighted by Gasteiger charge is -2.16. The number of nitriles is 1. The lowest BCUT2D eigenvalue weighted by atomic mass is 10.4. The minimum absolute atomic E-state index is 0.907. The highest BCUT2D eigenvalue weighted by atomic mass is 15.2. The third kappa shape index (κ3) is 2.39. The van der Waals surface area contributed by atoms with E-state index in [0.29, 0.717) is 0 Å². The van der Waals surface area contributed by atoms with Crippen molar-refractivity contribution < 1.29 is 0 Å². The summed E-state index contributed by atoms with van der Waals surface area (Å²) in [5.41, 5.74) is 0. The summed E-state index contributed by atoms with van der Waals surface area (Å²) in [6.07, 6.45) is 3.32. The number of rotatable bonds is 1. The molecule has 0 spiro atoms. The normalized spacial score (nSPS) is 20.9. The summed E-state index contributed by atoms with van der Waals surface area (Å²) in [4.78, 5) is 4.23. The summed E-state index contributed by atoms with van der Waals surface area (Å²) in [5.74, 6) is 0. The average molecular weight is 153 g/mol. The molecule has 0 unspecified atom stereocenters. The van der Waals surface area contributed by atoms with E-state index < -0.39 is 0 Å². The van der Waals surface area contributed by atoms with Gasteiger partial charge in [0.25, 0.3) is 0 Å². The van der Waals surface area contributed by atoms with Crippen molar-refractivity contribution in [3.63, 3.8) is 0 Å². The number of hydrogen-bond donors (Lipinski definition) is 0. The summed E-state index contributed by atoms with van der Waals surface area (Å²) in [6, 6.07) is 0. The molecule has 0 bridgehead atoms. The summed E-state index contributed by atoms with van der Waals surface area (Å²) in [6.45, 7) is 7.32. The molecule has 1 fully saturated rings. The van der Waals surface area contributed by atoms with Crippen LogP contribution in [0, 0.1) is 11.5 Å². The van der Waals surface area contributed by atoms with E-state index >= 15 is 0 Å². The Morgan fingerprint density at radius 2 is 2.09 bits per heavy atom. The molecular formula is C8H15N3. The largest absolute Gasteiger partial charge is 0.309 e. The maximum Gasteiger partial charge on any atom is 0.179 e. The third-order valence-corrected chi connectivity index (χ3v) is 2.18. The highest BCUT2D eigenvalue weighted by molar-refractivity contribution is 4.77. The topological polar surface area (TPSA) is 30.3 Å². The molecule has 0 saturated carbocycles. The van der Waals surface area contributed by atoms with Crippen LogP contribution >= 0.6 is 0 Å². The lowest BCUT2D eigenvalue weighted by molar-refractivity contribution is 0.298. The van der Waals surface area contributed by atoms with Gasteiger partial charge in [-0.3, -0.25) is 0 Å². The fraction of sp³-hybridized carbons (Fsp3) is 0.875. The van der Waals surface area contributed by atoms with E-state index in [2.05, 4.69) is 18.0 Å². The zero-order valence-electron chi connectivity index (χ0n) is 7.08. The third-order valence-electron chi connectivity index (χ3n) is 2.18. The van der Waals surface area contributed by atoms with Gasteiger partial charge < -0.3 is 9.80 Å². The molecule has 1 aliphatic heterocycles. The van der Waals surface area contributed by atoms with Gasteiger partial charge in [0.2, 0.25) is 0 Å². The molecule has 0 aromatic rings. The Balaban J connectivity index is 2.34. The summed E-state index contributed by atoms with van der Waals surface area (Å²) in [5, 5.41) is 8.63. The second-order valence-electron chi connectivity index (χ2n) is 2.87. The second-order valence-corrected chi connectivity index (χ2v) is 2.87. The van der Waals surface area contributed by atoms with Crippen LogP contribution in [0.1, 0.15) is 13.3 Å². The maximum atomic E-state index is 8.63. The molecule has 1 rings (SSSR count). The first-order valence-corrected chi connectivity index (χ1v) is 4.24.